The van der Waals surface area contributed by atoms with Crippen LogP contribution < -0.4 is 9.47 Å². The lowest BCUT2D eigenvalue weighted by Gasteiger charge is -2.15. The van der Waals surface area contributed by atoms with Crippen LogP contribution in [0.5, 0.6) is 11.5 Å². The highest BCUT2D eigenvalue weighted by Crippen LogP contribution is 2.34. The van der Waals surface area contributed by atoms with Crippen molar-refractivity contribution in [2.45, 2.75) is 26.2 Å². The van der Waals surface area contributed by atoms with Crippen LogP contribution in [0.3, 0.4) is 0 Å². The molecule has 0 bridgehead atoms. The van der Waals surface area contributed by atoms with Gasteiger partial charge in [-0.25, -0.2) is 0 Å². The predicted molar refractivity (Wildman–Crippen MR) is 116 cm³/mol. The third-order valence-corrected chi connectivity index (χ3v) is 5.78. The van der Waals surface area contributed by atoms with E-state index < -0.39 is 0 Å². The maximum atomic E-state index is 12.7. The van der Waals surface area contributed by atoms with Gasteiger partial charge in [0.05, 0.1) is 19.1 Å². The van der Waals surface area contributed by atoms with Crippen LogP contribution in [0.25, 0.3) is 6.08 Å². The molecule has 1 saturated heterocycles. The monoisotopic (exact) mass is 411 g/mol. The number of ether oxygens (including phenoxy) is 2. The molecular weight excluding hydrogens is 386 g/mol. The minimum absolute atomic E-state index is 0.218. The summed E-state index contributed by atoms with van der Waals surface area (Å²) < 4.78 is 10.8. The number of nitrogens with zero attached hydrogens (tertiary/aromatic N) is 1. The number of carbonyl (C=O) groups is 2. The fourth-order valence-electron chi connectivity index (χ4n) is 3.27. The Bertz CT molecular complexity index is 921. The van der Waals surface area contributed by atoms with Gasteiger partial charge in [-0.1, -0.05) is 43.3 Å². The maximum Gasteiger partial charge on any atom is 0.293 e. The average molecular weight is 412 g/mol. The molecule has 2 amide bonds. The molecule has 1 fully saturated rings. The van der Waals surface area contributed by atoms with Crippen LogP contribution in [0.1, 0.15) is 30.0 Å². The number of imide groups is 1. The van der Waals surface area contributed by atoms with E-state index in [2.05, 4.69) is 6.92 Å². The standard InChI is InChI=1S/C23H25NO4S/c1-4-16-10-12-17(13-11-16)15-20-22(25)24(23(26)29-20)14-6-8-18-7-5-9-19(27-2)21(18)28-3/h5,7,9-13,15H,4,6,8,14H2,1-3H3/b20-15-. The summed E-state index contributed by atoms with van der Waals surface area (Å²) in [6.45, 7) is 2.47. The highest BCUT2D eigenvalue weighted by molar-refractivity contribution is 8.18. The van der Waals surface area contributed by atoms with E-state index in [1.807, 2.05) is 42.5 Å². The van der Waals surface area contributed by atoms with Crippen LogP contribution in [0.15, 0.2) is 47.4 Å². The maximum absolute atomic E-state index is 12.7. The van der Waals surface area contributed by atoms with Gasteiger partial charge in [-0.2, -0.15) is 0 Å². The predicted octanol–water partition coefficient (Wildman–Crippen LogP) is 4.94. The molecule has 29 heavy (non-hydrogen) atoms. The molecule has 0 aliphatic carbocycles. The minimum atomic E-state index is -0.225. The molecule has 0 radical (unpaired) electrons. The Labute approximate surface area is 175 Å². The third-order valence-electron chi connectivity index (χ3n) is 4.87. The SMILES string of the molecule is CCc1ccc(/C=C2\SC(=O)N(CCCc3cccc(OC)c3OC)C2=O)cc1. The summed E-state index contributed by atoms with van der Waals surface area (Å²) in [6.07, 6.45) is 4.09. The van der Waals surface area contributed by atoms with Crippen molar-refractivity contribution < 1.29 is 19.1 Å². The van der Waals surface area contributed by atoms with Gasteiger partial charge in [0.1, 0.15) is 0 Å². The molecular formula is C23H25NO4S. The molecule has 0 N–H and O–H groups in total. The van der Waals surface area contributed by atoms with Gasteiger partial charge in [0.25, 0.3) is 11.1 Å². The van der Waals surface area contributed by atoms with Gasteiger partial charge in [0.2, 0.25) is 0 Å². The Morgan fingerprint density at radius 3 is 2.45 bits per heavy atom. The number of benzene rings is 2. The Morgan fingerprint density at radius 2 is 1.79 bits per heavy atom. The molecule has 5 nitrogen and oxygen atoms in total. The molecule has 0 unspecified atom stereocenters. The van der Waals surface area contributed by atoms with Crippen molar-refractivity contribution in [2.24, 2.45) is 0 Å². The third kappa shape index (κ3) is 4.82. The van der Waals surface area contributed by atoms with Crippen molar-refractivity contribution in [3.05, 3.63) is 64.1 Å². The van der Waals surface area contributed by atoms with Gasteiger partial charge in [0.15, 0.2) is 11.5 Å². The highest BCUT2D eigenvalue weighted by Gasteiger charge is 2.34. The molecule has 0 spiro atoms. The summed E-state index contributed by atoms with van der Waals surface area (Å²) in [5, 5.41) is -0.218. The average Bonchev–Trinajstić information content (AvgIpc) is 3.01. The van der Waals surface area contributed by atoms with Crippen molar-refractivity contribution in [2.75, 3.05) is 20.8 Å². The molecule has 1 aliphatic heterocycles. The van der Waals surface area contributed by atoms with Crippen LogP contribution in [0, 0.1) is 0 Å². The largest absolute Gasteiger partial charge is 0.493 e. The van der Waals surface area contributed by atoms with Gasteiger partial charge in [-0.15, -0.1) is 0 Å². The van der Waals surface area contributed by atoms with Crippen LogP contribution in [0.4, 0.5) is 4.79 Å². The van der Waals surface area contributed by atoms with Gasteiger partial charge in [0, 0.05) is 6.54 Å². The minimum Gasteiger partial charge on any atom is -0.493 e. The molecule has 0 aromatic heterocycles. The van der Waals surface area contributed by atoms with E-state index >= 15 is 0 Å². The molecule has 1 aliphatic rings. The summed E-state index contributed by atoms with van der Waals surface area (Å²) in [5.74, 6) is 1.14. The number of rotatable bonds is 8. The molecule has 152 valence electrons. The Kier molecular flexibility index (Phi) is 6.99. The van der Waals surface area contributed by atoms with E-state index in [1.165, 1.54) is 10.5 Å². The summed E-state index contributed by atoms with van der Waals surface area (Å²) >= 11 is 1.00. The number of carbonyl (C=O) groups excluding carboxylic acids is 2. The number of aryl methyl sites for hydroxylation is 2. The lowest BCUT2D eigenvalue weighted by Crippen LogP contribution is -2.29. The smallest absolute Gasteiger partial charge is 0.293 e. The van der Waals surface area contributed by atoms with Gasteiger partial charge in [-0.05, 0) is 59.9 Å². The second-order valence-electron chi connectivity index (χ2n) is 6.68. The number of thioether (sulfide) groups is 1. The zero-order chi connectivity index (χ0) is 20.8. The van der Waals surface area contributed by atoms with Gasteiger partial charge < -0.3 is 9.47 Å². The number of methoxy groups -OCH3 is 2. The molecule has 1 heterocycles. The topological polar surface area (TPSA) is 55.8 Å². The first-order valence-corrected chi connectivity index (χ1v) is 10.4. The first-order chi connectivity index (χ1) is 14.1. The first kappa shape index (κ1) is 21.0. The number of amides is 2. The fraction of sp³-hybridized carbons (Fsp3) is 0.304. The van der Waals surface area contributed by atoms with E-state index in [0.717, 1.165) is 29.3 Å². The summed E-state index contributed by atoms with van der Waals surface area (Å²) in [7, 11) is 3.21. The second kappa shape index (κ2) is 9.65. The number of hydrogen-bond donors (Lipinski definition) is 0. The molecule has 6 heteroatoms. The van der Waals surface area contributed by atoms with Crippen LogP contribution in [0.2, 0.25) is 0 Å². The molecule has 0 saturated carbocycles. The number of para-hydroxylation sites is 1. The van der Waals surface area contributed by atoms with Crippen molar-refractivity contribution in [3.63, 3.8) is 0 Å². The highest BCUT2D eigenvalue weighted by atomic mass is 32.2. The Hall–Kier alpha value is -2.73. The Morgan fingerprint density at radius 1 is 1.03 bits per heavy atom. The normalized spacial score (nSPS) is 15.3. The quantitative estimate of drug-likeness (QED) is 0.576. The first-order valence-electron chi connectivity index (χ1n) is 9.61. The van der Waals surface area contributed by atoms with E-state index in [4.69, 9.17) is 9.47 Å². The van der Waals surface area contributed by atoms with Crippen molar-refractivity contribution >= 4 is 29.0 Å². The molecule has 2 aromatic carbocycles. The van der Waals surface area contributed by atoms with E-state index in [9.17, 15) is 9.59 Å². The van der Waals surface area contributed by atoms with Crippen LogP contribution in [-0.4, -0.2) is 36.8 Å². The lowest BCUT2D eigenvalue weighted by atomic mass is 10.1. The molecule has 3 rings (SSSR count). The zero-order valence-corrected chi connectivity index (χ0v) is 17.8. The summed E-state index contributed by atoms with van der Waals surface area (Å²) in [4.78, 5) is 26.8. The second-order valence-corrected chi connectivity index (χ2v) is 7.68. The zero-order valence-electron chi connectivity index (χ0n) is 16.9. The number of hydrogen-bond acceptors (Lipinski definition) is 5. The Balaban J connectivity index is 1.64. The summed E-state index contributed by atoms with van der Waals surface area (Å²) in [6, 6.07) is 13.7. The van der Waals surface area contributed by atoms with Crippen molar-refractivity contribution in [3.8, 4) is 11.5 Å². The van der Waals surface area contributed by atoms with Gasteiger partial charge in [-0.3, -0.25) is 14.5 Å². The van der Waals surface area contributed by atoms with Gasteiger partial charge >= 0.3 is 0 Å². The van der Waals surface area contributed by atoms with E-state index in [-0.39, 0.29) is 11.1 Å². The van der Waals surface area contributed by atoms with Crippen molar-refractivity contribution in [1.82, 2.24) is 4.90 Å². The van der Waals surface area contributed by atoms with E-state index in [1.54, 1.807) is 20.3 Å². The molecule has 2 aromatic rings. The van der Waals surface area contributed by atoms with E-state index in [0.29, 0.717) is 35.8 Å². The fourth-order valence-corrected chi connectivity index (χ4v) is 4.14. The van der Waals surface area contributed by atoms with Crippen molar-refractivity contribution in [1.29, 1.82) is 0 Å². The van der Waals surface area contributed by atoms with Crippen LogP contribution in [-0.2, 0) is 17.6 Å². The lowest BCUT2D eigenvalue weighted by molar-refractivity contribution is -0.122. The summed E-state index contributed by atoms with van der Waals surface area (Å²) in [5.41, 5.74) is 3.16. The van der Waals surface area contributed by atoms with Crippen LogP contribution >= 0.6 is 11.8 Å². The molecule has 0 atom stereocenters.